The Morgan fingerprint density at radius 1 is 1.36 bits per heavy atom. The number of hydrogen-bond donors (Lipinski definition) is 1. The number of aliphatic imine (C=N–C) groups is 1. The molecule has 1 aromatic rings. The number of rotatable bonds is 3. The Bertz CT molecular complexity index is 362. The summed E-state index contributed by atoms with van der Waals surface area (Å²) in [4.78, 5) is 3.92. The second-order valence-electron chi connectivity index (χ2n) is 2.97. The van der Waals surface area contributed by atoms with Crippen LogP contribution in [0.4, 0.5) is 0 Å². The standard InChI is InChI=1S/C11H13N2S/c1-14(2)8-11(13-9-12)10-6-4-3-5-7-10/h3-8,12H,1-2H3/q+1/b11-8+. The maximum atomic E-state index is 6.87. The van der Waals surface area contributed by atoms with Gasteiger partial charge in [0.05, 0.1) is 6.01 Å². The summed E-state index contributed by atoms with van der Waals surface area (Å²) in [5.41, 5.74) is 1.86. The molecule has 0 fully saturated rings. The van der Waals surface area contributed by atoms with Gasteiger partial charge in [0.1, 0.15) is 23.6 Å². The molecule has 1 rings (SSSR count). The quantitative estimate of drug-likeness (QED) is 0.582. The highest BCUT2D eigenvalue weighted by Gasteiger charge is 2.04. The molecule has 0 saturated carbocycles. The van der Waals surface area contributed by atoms with Gasteiger partial charge in [0.15, 0.2) is 0 Å². The Balaban J connectivity index is 3.07. The van der Waals surface area contributed by atoms with Crippen LogP contribution < -0.4 is 0 Å². The maximum Gasteiger partial charge on any atom is 0.145 e. The highest BCUT2D eigenvalue weighted by Crippen LogP contribution is 2.15. The molecule has 0 radical (unpaired) electrons. The number of nitrogens with zero attached hydrogens (tertiary/aromatic N) is 1. The fourth-order valence-electron chi connectivity index (χ4n) is 1.05. The Morgan fingerprint density at radius 3 is 2.50 bits per heavy atom. The zero-order valence-electron chi connectivity index (χ0n) is 8.32. The minimum absolute atomic E-state index is 0.173. The largest absolute Gasteiger partial charge is 0.241 e. The summed E-state index contributed by atoms with van der Waals surface area (Å²) >= 11 is 0. The van der Waals surface area contributed by atoms with Crippen LogP contribution in [0.3, 0.4) is 0 Å². The topological polar surface area (TPSA) is 36.2 Å². The van der Waals surface area contributed by atoms with Crippen molar-refractivity contribution in [3.8, 4) is 0 Å². The van der Waals surface area contributed by atoms with Crippen molar-refractivity contribution in [2.24, 2.45) is 4.99 Å². The zero-order chi connectivity index (χ0) is 10.4. The first kappa shape index (κ1) is 10.8. The van der Waals surface area contributed by atoms with Gasteiger partial charge in [0.25, 0.3) is 0 Å². The molecule has 2 nitrogen and oxygen atoms in total. The fraction of sp³-hybridized carbons (Fsp3) is 0.182. The van der Waals surface area contributed by atoms with E-state index < -0.39 is 0 Å². The molecule has 3 heteroatoms. The lowest BCUT2D eigenvalue weighted by atomic mass is 10.2. The van der Waals surface area contributed by atoms with Crippen molar-refractivity contribution in [3.05, 3.63) is 41.3 Å². The van der Waals surface area contributed by atoms with Crippen LogP contribution in [0, 0.1) is 5.41 Å². The van der Waals surface area contributed by atoms with Crippen LogP contribution >= 0.6 is 0 Å². The summed E-state index contributed by atoms with van der Waals surface area (Å²) in [6, 6.07) is 11.9. The molecule has 1 N–H and O–H groups in total. The average Bonchev–Trinajstić information content (AvgIpc) is 2.18. The molecule has 72 valence electrons. The van der Waals surface area contributed by atoms with Crippen molar-refractivity contribution in [2.75, 3.05) is 12.5 Å². The van der Waals surface area contributed by atoms with E-state index in [4.69, 9.17) is 5.41 Å². The molecule has 0 saturated heterocycles. The van der Waals surface area contributed by atoms with Crippen LogP contribution in [0.2, 0.25) is 0 Å². The first-order valence-corrected chi connectivity index (χ1v) is 6.30. The molecule has 0 aliphatic heterocycles. The highest BCUT2D eigenvalue weighted by molar-refractivity contribution is 7.98. The maximum absolute atomic E-state index is 6.87. The Morgan fingerprint density at radius 2 is 2.00 bits per heavy atom. The monoisotopic (exact) mass is 205 g/mol. The predicted molar refractivity (Wildman–Crippen MR) is 63.8 cm³/mol. The van der Waals surface area contributed by atoms with Gasteiger partial charge in [0, 0.05) is 16.5 Å². The van der Waals surface area contributed by atoms with E-state index in [1.165, 1.54) is 0 Å². The molecule has 0 amide bonds. The lowest BCUT2D eigenvalue weighted by molar-refractivity contribution is 1.48. The minimum atomic E-state index is 0.173. The zero-order valence-corrected chi connectivity index (χ0v) is 9.14. The van der Waals surface area contributed by atoms with Gasteiger partial charge in [-0.05, 0) is 0 Å². The lowest BCUT2D eigenvalue weighted by Crippen LogP contribution is -1.90. The molecular weight excluding hydrogens is 192 g/mol. The normalized spacial score (nSPS) is 11.2. The van der Waals surface area contributed by atoms with E-state index in [-0.39, 0.29) is 10.9 Å². The van der Waals surface area contributed by atoms with Crippen LogP contribution in [0.25, 0.3) is 5.70 Å². The van der Waals surface area contributed by atoms with Crippen molar-refractivity contribution in [1.82, 2.24) is 0 Å². The second-order valence-corrected chi connectivity index (χ2v) is 4.97. The Hall–Kier alpha value is -1.31. The van der Waals surface area contributed by atoms with E-state index in [0.29, 0.717) is 0 Å². The molecule has 0 unspecified atom stereocenters. The first-order valence-electron chi connectivity index (χ1n) is 4.20. The van der Waals surface area contributed by atoms with Crippen LogP contribution in [0.5, 0.6) is 0 Å². The average molecular weight is 205 g/mol. The molecule has 0 aromatic heterocycles. The van der Waals surface area contributed by atoms with Crippen LogP contribution in [-0.2, 0) is 10.9 Å². The minimum Gasteiger partial charge on any atom is -0.241 e. The number of nitrogens with one attached hydrogen (secondary N) is 1. The van der Waals surface area contributed by atoms with Crippen molar-refractivity contribution in [2.45, 2.75) is 0 Å². The first-order chi connectivity index (χ1) is 6.74. The summed E-state index contributed by atoms with van der Waals surface area (Å²) in [5, 5.41) is 8.92. The van der Waals surface area contributed by atoms with Crippen molar-refractivity contribution < 1.29 is 0 Å². The molecule has 14 heavy (non-hydrogen) atoms. The second kappa shape index (κ2) is 5.43. The van der Waals surface area contributed by atoms with E-state index in [0.717, 1.165) is 11.3 Å². The summed E-state index contributed by atoms with van der Waals surface area (Å²) in [5.74, 6) is 0. The third-order valence-corrected chi connectivity index (χ3v) is 2.29. The summed E-state index contributed by atoms with van der Waals surface area (Å²) in [6.45, 7) is 0. The molecule has 0 bridgehead atoms. The predicted octanol–water partition coefficient (Wildman–Crippen LogP) is 2.62. The molecule has 0 spiro atoms. The van der Waals surface area contributed by atoms with E-state index in [9.17, 15) is 0 Å². The van der Waals surface area contributed by atoms with Crippen LogP contribution in [-0.4, -0.2) is 18.5 Å². The molecule has 0 atom stereocenters. The van der Waals surface area contributed by atoms with E-state index in [1.807, 2.05) is 30.3 Å². The van der Waals surface area contributed by atoms with E-state index in [2.05, 4.69) is 28.9 Å². The summed E-state index contributed by atoms with van der Waals surface area (Å²) < 4.78 is 0. The van der Waals surface area contributed by atoms with Gasteiger partial charge < -0.3 is 0 Å². The smallest absolute Gasteiger partial charge is 0.145 e. The third-order valence-electron chi connectivity index (χ3n) is 1.59. The lowest BCUT2D eigenvalue weighted by Gasteiger charge is -1.97. The van der Waals surface area contributed by atoms with Gasteiger partial charge in [-0.25, -0.2) is 5.41 Å². The van der Waals surface area contributed by atoms with Gasteiger partial charge in [-0.3, -0.25) is 0 Å². The van der Waals surface area contributed by atoms with Crippen molar-refractivity contribution in [3.63, 3.8) is 0 Å². The number of benzene rings is 1. The van der Waals surface area contributed by atoms with Gasteiger partial charge >= 0.3 is 0 Å². The van der Waals surface area contributed by atoms with E-state index >= 15 is 0 Å². The summed E-state index contributed by atoms with van der Waals surface area (Å²) in [7, 11) is 0.173. The number of hydrogen-bond acceptors (Lipinski definition) is 2. The third kappa shape index (κ3) is 3.21. The van der Waals surface area contributed by atoms with Crippen LogP contribution in [0.15, 0.2) is 40.7 Å². The van der Waals surface area contributed by atoms with Crippen LogP contribution in [0.1, 0.15) is 5.56 Å². The molecule has 0 heterocycles. The highest BCUT2D eigenvalue weighted by atomic mass is 32.2. The van der Waals surface area contributed by atoms with Gasteiger partial charge in [-0.15, -0.1) is 0 Å². The summed E-state index contributed by atoms with van der Waals surface area (Å²) in [6.07, 6.45) is 4.23. The Kier molecular flexibility index (Phi) is 4.17. The van der Waals surface area contributed by atoms with Gasteiger partial charge in [-0.2, -0.15) is 4.99 Å². The fourth-order valence-corrected chi connectivity index (χ4v) is 1.69. The Labute approximate surface area is 87.2 Å². The van der Waals surface area contributed by atoms with Gasteiger partial charge in [-0.1, -0.05) is 30.3 Å². The molecular formula is C11H13N2S+. The van der Waals surface area contributed by atoms with Crippen molar-refractivity contribution >= 4 is 22.6 Å². The SMILES string of the molecule is C[S+](C)/C=C(/N=C=N)c1ccccc1. The molecule has 1 aromatic carbocycles. The molecule has 0 aliphatic carbocycles. The van der Waals surface area contributed by atoms with Gasteiger partial charge in [0.2, 0.25) is 0 Å². The van der Waals surface area contributed by atoms with Crippen molar-refractivity contribution in [1.29, 1.82) is 5.41 Å². The van der Waals surface area contributed by atoms with E-state index in [1.54, 1.807) is 0 Å². The molecule has 0 aliphatic rings.